The van der Waals surface area contributed by atoms with Crippen molar-refractivity contribution in [2.45, 2.75) is 39.5 Å². The number of hydrogen-bond donors (Lipinski definition) is 0. The van der Waals surface area contributed by atoms with Gasteiger partial charge in [0.2, 0.25) is 0 Å². The molecule has 2 heterocycles. The second kappa shape index (κ2) is 11.7. The molecule has 0 aliphatic heterocycles. The summed E-state index contributed by atoms with van der Waals surface area (Å²) < 4.78 is 27.7. The predicted octanol–water partition coefficient (Wildman–Crippen LogP) is 5.28. The molecule has 0 fully saturated rings. The van der Waals surface area contributed by atoms with Gasteiger partial charge < -0.3 is 23.0 Å². The topological polar surface area (TPSA) is 88.1 Å². The molecule has 7 heteroatoms. The minimum Gasteiger partial charge on any atom is -0.491 e. The molecular weight excluding hydrogens is 448 g/mol. The monoisotopic (exact) mass is 478 g/mol. The van der Waals surface area contributed by atoms with Crippen molar-refractivity contribution in [3.63, 3.8) is 0 Å². The fourth-order valence-corrected chi connectivity index (χ4v) is 4.09. The summed E-state index contributed by atoms with van der Waals surface area (Å²) >= 11 is 0. The first-order valence-electron chi connectivity index (χ1n) is 12.0. The second-order valence-electron chi connectivity index (χ2n) is 8.31. The number of fused-ring (bicyclic) bond motifs is 2. The third-order valence-electron chi connectivity index (χ3n) is 5.63. The lowest BCUT2D eigenvalue weighted by Gasteiger charge is -2.10. The van der Waals surface area contributed by atoms with Gasteiger partial charge in [-0.05, 0) is 48.2 Å². The van der Waals surface area contributed by atoms with Gasteiger partial charge in [0.25, 0.3) is 0 Å². The Morgan fingerprint density at radius 2 is 1.09 bits per heavy atom. The molecule has 0 aliphatic rings. The van der Waals surface area contributed by atoms with Crippen LogP contribution in [0.4, 0.5) is 0 Å². The molecule has 0 amide bonds. The third kappa shape index (κ3) is 6.31. The van der Waals surface area contributed by atoms with Crippen molar-refractivity contribution < 1.29 is 23.0 Å². The largest absolute Gasteiger partial charge is 0.491 e. The lowest BCUT2D eigenvalue weighted by atomic mass is 10.1. The third-order valence-corrected chi connectivity index (χ3v) is 5.63. The van der Waals surface area contributed by atoms with Gasteiger partial charge in [-0.3, -0.25) is 0 Å². The molecule has 0 saturated carbocycles. The lowest BCUT2D eigenvalue weighted by Crippen LogP contribution is -2.12. The van der Waals surface area contributed by atoms with Gasteiger partial charge in [0, 0.05) is 35.0 Å². The fourth-order valence-electron chi connectivity index (χ4n) is 4.09. The van der Waals surface area contributed by atoms with Crippen LogP contribution >= 0.6 is 0 Å². The SMILES string of the molecule is CCCc1cc(=O)oc2cc(OCCOCCOc3ccc4c(CCC)cc(=O)oc4c3)ccc12. The van der Waals surface area contributed by atoms with Gasteiger partial charge in [0.15, 0.2) is 0 Å². The van der Waals surface area contributed by atoms with Crippen LogP contribution in [0.2, 0.25) is 0 Å². The Kier molecular flexibility index (Phi) is 8.21. The van der Waals surface area contributed by atoms with E-state index in [4.69, 9.17) is 23.0 Å². The Bertz CT molecular complexity index is 1290. The van der Waals surface area contributed by atoms with Crippen molar-refractivity contribution in [3.05, 3.63) is 80.5 Å². The van der Waals surface area contributed by atoms with E-state index in [1.165, 1.54) is 0 Å². The fraction of sp³-hybridized carbons (Fsp3) is 0.357. The molecular formula is C28H30O7. The molecule has 2 aromatic carbocycles. The Balaban J connectivity index is 1.24. The van der Waals surface area contributed by atoms with Crippen molar-refractivity contribution in [2.75, 3.05) is 26.4 Å². The standard InChI is InChI=1S/C28H30O7/c1-3-5-19-15-27(29)34-25-17-21(7-9-23(19)25)32-13-11-31-12-14-33-22-8-10-24-20(6-4-2)16-28(30)35-26(24)18-22/h7-10,15-18H,3-6,11-14H2,1-2H3. The van der Waals surface area contributed by atoms with Crippen LogP contribution in [-0.4, -0.2) is 26.4 Å². The Morgan fingerprint density at radius 1 is 0.629 bits per heavy atom. The Hall–Kier alpha value is -3.58. The highest BCUT2D eigenvalue weighted by atomic mass is 16.5. The number of ether oxygens (including phenoxy) is 3. The van der Waals surface area contributed by atoms with Gasteiger partial charge >= 0.3 is 11.3 Å². The maximum absolute atomic E-state index is 11.8. The van der Waals surface area contributed by atoms with E-state index in [1.807, 2.05) is 24.3 Å². The molecule has 4 aromatic rings. The van der Waals surface area contributed by atoms with Crippen LogP contribution in [0.25, 0.3) is 21.9 Å². The molecule has 0 bridgehead atoms. The number of aryl methyl sites for hydroxylation is 2. The molecule has 4 rings (SSSR count). The molecule has 0 saturated heterocycles. The molecule has 35 heavy (non-hydrogen) atoms. The van der Waals surface area contributed by atoms with Crippen LogP contribution in [0, 0.1) is 0 Å². The van der Waals surface area contributed by atoms with E-state index in [0.29, 0.717) is 49.1 Å². The predicted molar refractivity (Wildman–Crippen MR) is 135 cm³/mol. The van der Waals surface area contributed by atoms with Crippen molar-refractivity contribution in [1.82, 2.24) is 0 Å². The van der Waals surface area contributed by atoms with E-state index in [2.05, 4.69) is 13.8 Å². The van der Waals surface area contributed by atoms with Gasteiger partial charge in [-0.1, -0.05) is 26.7 Å². The summed E-state index contributed by atoms with van der Waals surface area (Å²) in [5, 5.41) is 1.86. The Morgan fingerprint density at radius 3 is 1.51 bits per heavy atom. The van der Waals surface area contributed by atoms with E-state index < -0.39 is 0 Å². The van der Waals surface area contributed by atoms with Crippen molar-refractivity contribution >= 4 is 21.9 Å². The maximum atomic E-state index is 11.8. The van der Waals surface area contributed by atoms with Gasteiger partial charge in [-0.2, -0.15) is 0 Å². The zero-order valence-corrected chi connectivity index (χ0v) is 20.1. The number of benzene rings is 2. The highest BCUT2D eigenvalue weighted by Gasteiger charge is 2.08. The van der Waals surface area contributed by atoms with Gasteiger partial charge in [0.1, 0.15) is 35.9 Å². The molecule has 0 N–H and O–H groups in total. The van der Waals surface area contributed by atoms with Gasteiger partial charge in [-0.15, -0.1) is 0 Å². The van der Waals surface area contributed by atoms with Crippen molar-refractivity contribution in [2.24, 2.45) is 0 Å². The number of rotatable bonds is 12. The van der Waals surface area contributed by atoms with E-state index in [1.54, 1.807) is 24.3 Å². The smallest absolute Gasteiger partial charge is 0.336 e. The molecule has 2 aromatic heterocycles. The van der Waals surface area contributed by atoms with Gasteiger partial charge in [-0.25, -0.2) is 9.59 Å². The van der Waals surface area contributed by atoms with Gasteiger partial charge in [0.05, 0.1) is 13.2 Å². The minimum atomic E-state index is -0.351. The Labute approximate surface area is 203 Å². The molecule has 0 spiro atoms. The van der Waals surface area contributed by atoms with Crippen LogP contribution in [0.5, 0.6) is 11.5 Å². The first kappa shape index (κ1) is 24.5. The number of hydrogen-bond acceptors (Lipinski definition) is 7. The maximum Gasteiger partial charge on any atom is 0.336 e. The van der Waals surface area contributed by atoms with E-state index in [-0.39, 0.29) is 11.3 Å². The van der Waals surface area contributed by atoms with Crippen LogP contribution in [-0.2, 0) is 17.6 Å². The van der Waals surface area contributed by atoms with E-state index >= 15 is 0 Å². The quantitative estimate of drug-likeness (QED) is 0.202. The van der Waals surface area contributed by atoms with E-state index in [9.17, 15) is 9.59 Å². The summed E-state index contributed by atoms with van der Waals surface area (Å²) in [5.74, 6) is 1.24. The summed E-state index contributed by atoms with van der Waals surface area (Å²) in [6.45, 7) is 5.62. The summed E-state index contributed by atoms with van der Waals surface area (Å²) in [7, 11) is 0. The van der Waals surface area contributed by atoms with Crippen molar-refractivity contribution in [3.8, 4) is 11.5 Å². The molecule has 184 valence electrons. The average Bonchev–Trinajstić information content (AvgIpc) is 2.83. The highest BCUT2D eigenvalue weighted by Crippen LogP contribution is 2.24. The van der Waals surface area contributed by atoms with Crippen LogP contribution in [0.3, 0.4) is 0 Å². The van der Waals surface area contributed by atoms with Crippen LogP contribution < -0.4 is 20.7 Å². The summed E-state index contributed by atoms with van der Waals surface area (Å²) in [5.41, 5.74) is 2.33. The lowest BCUT2D eigenvalue weighted by molar-refractivity contribution is 0.0764. The zero-order valence-electron chi connectivity index (χ0n) is 20.1. The van der Waals surface area contributed by atoms with Crippen LogP contribution in [0.1, 0.15) is 37.8 Å². The molecule has 0 atom stereocenters. The molecule has 0 aliphatic carbocycles. The average molecular weight is 479 g/mol. The zero-order chi connectivity index (χ0) is 24.6. The second-order valence-corrected chi connectivity index (χ2v) is 8.31. The first-order valence-corrected chi connectivity index (χ1v) is 12.0. The molecule has 0 radical (unpaired) electrons. The normalized spacial score (nSPS) is 11.3. The van der Waals surface area contributed by atoms with Crippen molar-refractivity contribution in [1.29, 1.82) is 0 Å². The summed E-state index contributed by atoms with van der Waals surface area (Å²) in [4.78, 5) is 23.6. The summed E-state index contributed by atoms with van der Waals surface area (Å²) in [6.07, 6.45) is 3.56. The summed E-state index contributed by atoms with van der Waals surface area (Å²) in [6, 6.07) is 14.2. The first-order chi connectivity index (χ1) is 17.1. The molecule has 0 unspecified atom stereocenters. The molecule has 7 nitrogen and oxygen atoms in total. The van der Waals surface area contributed by atoms with Crippen LogP contribution in [0.15, 0.2) is 67.0 Å². The highest BCUT2D eigenvalue weighted by molar-refractivity contribution is 5.82. The van der Waals surface area contributed by atoms with E-state index in [0.717, 1.165) is 47.6 Å². The minimum absolute atomic E-state index is 0.351.